The largest absolute Gasteiger partial charge is 0.481 e. The minimum atomic E-state index is -0.876. The van der Waals surface area contributed by atoms with Gasteiger partial charge in [-0.05, 0) is 37.6 Å². The SMILES string of the molecule is C[C@@]1(C(=O)O)CCN(C(=O)CCc2ncc(-c3ccc(F)cc3)o2)C1. The Bertz CT molecular complexity index is 787. The van der Waals surface area contributed by atoms with E-state index in [4.69, 9.17) is 4.42 Å². The van der Waals surface area contributed by atoms with Gasteiger partial charge >= 0.3 is 5.97 Å². The maximum atomic E-state index is 12.9. The fourth-order valence-electron chi connectivity index (χ4n) is 2.89. The zero-order chi connectivity index (χ0) is 18.0. The van der Waals surface area contributed by atoms with Gasteiger partial charge in [-0.15, -0.1) is 0 Å². The molecule has 1 atom stereocenters. The number of aromatic nitrogens is 1. The molecule has 132 valence electrons. The number of aryl methyl sites for hydroxylation is 1. The van der Waals surface area contributed by atoms with Crippen LogP contribution in [-0.2, 0) is 16.0 Å². The molecule has 0 aliphatic carbocycles. The lowest BCUT2D eigenvalue weighted by Crippen LogP contribution is -2.34. The molecular formula is C18H19FN2O4. The monoisotopic (exact) mass is 346 g/mol. The molecule has 1 aliphatic rings. The molecule has 1 saturated heterocycles. The summed E-state index contributed by atoms with van der Waals surface area (Å²) in [6, 6.07) is 5.88. The molecule has 25 heavy (non-hydrogen) atoms. The highest BCUT2D eigenvalue weighted by molar-refractivity contribution is 5.80. The van der Waals surface area contributed by atoms with Gasteiger partial charge in [0.05, 0.1) is 11.6 Å². The summed E-state index contributed by atoms with van der Waals surface area (Å²) in [6.07, 6.45) is 2.55. The Morgan fingerprint density at radius 1 is 1.36 bits per heavy atom. The molecular weight excluding hydrogens is 327 g/mol. The first kappa shape index (κ1) is 17.1. The van der Waals surface area contributed by atoms with Crippen LogP contribution < -0.4 is 0 Å². The highest BCUT2D eigenvalue weighted by atomic mass is 19.1. The molecule has 0 spiro atoms. The Balaban J connectivity index is 1.57. The van der Waals surface area contributed by atoms with Crippen molar-refractivity contribution in [2.75, 3.05) is 13.1 Å². The van der Waals surface area contributed by atoms with Crippen LogP contribution in [0.25, 0.3) is 11.3 Å². The van der Waals surface area contributed by atoms with Gasteiger partial charge in [-0.2, -0.15) is 0 Å². The van der Waals surface area contributed by atoms with Crippen LogP contribution in [0.4, 0.5) is 4.39 Å². The number of likely N-dealkylation sites (tertiary alicyclic amines) is 1. The molecule has 1 aliphatic heterocycles. The van der Waals surface area contributed by atoms with Crippen LogP contribution in [0.5, 0.6) is 0 Å². The molecule has 3 rings (SSSR count). The average Bonchev–Trinajstić information content (AvgIpc) is 3.21. The van der Waals surface area contributed by atoms with Gasteiger partial charge in [0.15, 0.2) is 11.7 Å². The van der Waals surface area contributed by atoms with Crippen molar-refractivity contribution < 1.29 is 23.5 Å². The van der Waals surface area contributed by atoms with E-state index in [9.17, 15) is 19.1 Å². The lowest BCUT2D eigenvalue weighted by molar-refractivity contribution is -0.147. The maximum Gasteiger partial charge on any atom is 0.311 e. The smallest absolute Gasteiger partial charge is 0.311 e. The van der Waals surface area contributed by atoms with Gasteiger partial charge in [0.2, 0.25) is 5.91 Å². The van der Waals surface area contributed by atoms with Crippen LogP contribution in [0.2, 0.25) is 0 Å². The van der Waals surface area contributed by atoms with Gasteiger partial charge in [-0.3, -0.25) is 9.59 Å². The van der Waals surface area contributed by atoms with Crippen molar-refractivity contribution in [2.24, 2.45) is 5.41 Å². The number of hydrogen-bond acceptors (Lipinski definition) is 4. The molecule has 0 unspecified atom stereocenters. The van der Waals surface area contributed by atoms with E-state index in [1.54, 1.807) is 30.2 Å². The van der Waals surface area contributed by atoms with Crippen LogP contribution in [0.15, 0.2) is 34.9 Å². The number of benzene rings is 1. The number of aliphatic carboxylic acids is 1. The molecule has 0 radical (unpaired) electrons. The summed E-state index contributed by atoms with van der Waals surface area (Å²) >= 11 is 0. The van der Waals surface area contributed by atoms with Gasteiger partial charge in [-0.1, -0.05) is 0 Å². The van der Waals surface area contributed by atoms with Gasteiger partial charge in [-0.25, -0.2) is 9.37 Å². The predicted molar refractivity (Wildman–Crippen MR) is 87.2 cm³/mol. The Hall–Kier alpha value is -2.70. The van der Waals surface area contributed by atoms with E-state index < -0.39 is 11.4 Å². The summed E-state index contributed by atoms with van der Waals surface area (Å²) in [5.74, 6) is -0.367. The zero-order valence-electron chi connectivity index (χ0n) is 13.9. The van der Waals surface area contributed by atoms with Crippen molar-refractivity contribution in [3.63, 3.8) is 0 Å². The number of oxazole rings is 1. The van der Waals surface area contributed by atoms with Crippen LogP contribution in [-0.4, -0.2) is 40.0 Å². The molecule has 0 saturated carbocycles. The third-order valence-corrected chi connectivity index (χ3v) is 4.58. The summed E-state index contributed by atoms with van der Waals surface area (Å²) in [4.78, 5) is 29.2. The summed E-state index contributed by atoms with van der Waals surface area (Å²) in [6.45, 7) is 2.34. The Morgan fingerprint density at radius 3 is 2.72 bits per heavy atom. The molecule has 1 aromatic heterocycles. The van der Waals surface area contributed by atoms with E-state index in [0.29, 0.717) is 36.6 Å². The van der Waals surface area contributed by atoms with Crippen LogP contribution in [0.3, 0.4) is 0 Å². The van der Waals surface area contributed by atoms with Crippen LogP contribution >= 0.6 is 0 Å². The van der Waals surface area contributed by atoms with E-state index in [-0.39, 0.29) is 24.7 Å². The molecule has 1 fully saturated rings. The first-order valence-corrected chi connectivity index (χ1v) is 8.09. The van der Waals surface area contributed by atoms with Gasteiger partial charge < -0.3 is 14.4 Å². The van der Waals surface area contributed by atoms with E-state index in [1.807, 2.05) is 0 Å². The second-order valence-corrected chi connectivity index (χ2v) is 6.56. The molecule has 2 aromatic rings. The molecule has 1 N–H and O–H groups in total. The summed E-state index contributed by atoms with van der Waals surface area (Å²) < 4.78 is 18.5. The average molecular weight is 346 g/mol. The van der Waals surface area contributed by atoms with Crippen LogP contribution in [0, 0.1) is 11.2 Å². The predicted octanol–water partition coefficient (Wildman–Crippen LogP) is 2.74. The molecule has 6 nitrogen and oxygen atoms in total. The molecule has 1 aromatic carbocycles. The number of carboxylic acids is 1. The van der Waals surface area contributed by atoms with Crippen molar-refractivity contribution >= 4 is 11.9 Å². The Labute approximate surface area is 144 Å². The maximum absolute atomic E-state index is 12.9. The molecule has 7 heteroatoms. The highest BCUT2D eigenvalue weighted by Crippen LogP contribution is 2.30. The lowest BCUT2D eigenvalue weighted by atomic mass is 9.90. The zero-order valence-corrected chi connectivity index (χ0v) is 13.9. The first-order chi connectivity index (χ1) is 11.9. The van der Waals surface area contributed by atoms with E-state index in [0.717, 1.165) is 0 Å². The Morgan fingerprint density at radius 2 is 2.08 bits per heavy atom. The topological polar surface area (TPSA) is 83.6 Å². The number of nitrogens with zero attached hydrogens (tertiary/aromatic N) is 2. The second-order valence-electron chi connectivity index (χ2n) is 6.56. The molecule has 0 bridgehead atoms. The fraction of sp³-hybridized carbons (Fsp3) is 0.389. The van der Waals surface area contributed by atoms with E-state index in [1.165, 1.54) is 12.1 Å². The van der Waals surface area contributed by atoms with Crippen molar-refractivity contribution in [1.82, 2.24) is 9.88 Å². The van der Waals surface area contributed by atoms with Gasteiger partial charge in [0.1, 0.15) is 5.82 Å². The van der Waals surface area contributed by atoms with E-state index >= 15 is 0 Å². The van der Waals surface area contributed by atoms with Crippen molar-refractivity contribution in [3.05, 3.63) is 42.2 Å². The molecule has 1 amide bonds. The van der Waals surface area contributed by atoms with Crippen molar-refractivity contribution in [2.45, 2.75) is 26.2 Å². The molecule has 2 heterocycles. The third-order valence-electron chi connectivity index (χ3n) is 4.58. The highest BCUT2D eigenvalue weighted by Gasteiger charge is 2.41. The van der Waals surface area contributed by atoms with Gasteiger partial charge in [0, 0.05) is 31.5 Å². The van der Waals surface area contributed by atoms with Crippen LogP contribution in [0.1, 0.15) is 25.7 Å². The first-order valence-electron chi connectivity index (χ1n) is 8.09. The summed E-state index contributed by atoms with van der Waals surface area (Å²) in [7, 11) is 0. The number of carboxylic acid groups (broad SMARTS) is 1. The van der Waals surface area contributed by atoms with Crippen molar-refractivity contribution in [1.29, 1.82) is 0 Å². The minimum Gasteiger partial charge on any atom is -0.481 e. The number of carbonyl (C=O) groups is 2. The lowest BCUT2D eigenvalue weighted by Gasteiger charge is -2.19. The number of amides is 1. The number of rotatable bonds is 5. The minimum absolute atomic E-state index is 0.105. The summed E-state index contributed by atoms with van der Waals surface area (Å²) in [5, 5.41) is 9.22. The standard InChI is InChI=1S/C18H19FN2O4/c1-18(17(23)24)8-9-21(11-18)16(22)7-6-15-20-10-14(25-15)12-2-4-13(19)5-3-12/h2-5,10H,6-9,11H2,1H3,(H,23,24)/t18-/m1/s1. The number of carbonyl (C=O) groups excluding carboxylic acids is 1. The quantitative estimate of drug-likeness (QED) is 0.900. The number of hydrogen-bond donors (Lipinski definition) is 1. The second kappa shape index (κ2) is 6.66. The Kier molecular flexibility index (Phi) is 4.57. The van der Waals surface area contributed by atoms with Crippen molar-refractivity contribution in [3.8, 4) is 11.3 Å². The van der Waals surface area contributed by atoms with Gasteiger partial charge in [0.25, 0.3) is 0 Å². The fourth-order valence-corrected chi connectivity index (χ4v) is 2.89. The third kappa shape index (κ3) is 3.70. The summed E-state index contributed by atoms with van der Waals surface area (Å²) in [5.41, 5.74) is -0.155. The van der Waals surface area contributed by atoms with E-state index in [2.05, 4.69) is 4.98 Å². The number of halogens is 1. The normalized spacial score (nSPS) is 20.0.